The van der Waals surface area contributed by atoms with E-state index >= 15 is 0 Å². The largest absolute Gasteiger partial charge is 0.477 e. The van der Waals surface area contributed by atoms with Crippen molar-refractivity contribution in [3.8, 4) is 0 Å². The van der Waals surface area contributed by atoms with E-state index in [0.29, 0.717) is 12.5 Å². The lowest BCUT2D eigenvalue weighted by Gasteiger charge is -2.06. The van der Waals surface area contributed by atoms with Crippen LogP contribution in [0.5, 0.6) is 0 Å². The van der Waals surface area contributed by atoms with Gasteiger partial charge in [-0.3, -0.25) is 0 Å². The lowest BCUT2D eigenvalue weighted by Crippen LogP contribution is -2.17. The Morgan fingerprint density at radius 3 is 2.60 bits per heavy atom. The molecule has 0 saturated carbocycles. The van der Waals surface area contributed by atoms with Crippen molar-refractivity contribution in [1.82, 2.24) is 5.32 Å². The average Bonchev–Trinajstić information content (AvgIpc) is 2.29. The molecule has 1 aromatic carbocycles. The number of rotatable bonds is 2. The van der Waals surface area contributed by atoms with Crippen molar-refractivity contribution in [1.29, 1.82) is 0 Å². The molecule has 1 rings (SSSR count). The fourth-order valence-corrected chi connectivity index (χ4v) is 1.05. The zero-order valence-corrected chi connectivity index (χ0v) is 8.86. The third-order valence-corrected chi connectivity index (χ3v) is 1.72. The van der Waals surface area contributed by atoms with Crippen molar-refractivity contribution in [2.24, 2.45) is 4.99 Å². The highest BCUT2D eigenvalue weighted by molar-refractivity contribution is 6.00. The maximum atomic E-state index is 11.1. The minimum absolute atomic E-state index is 0.345. The van der Waals surface area contributed by atoms with Gasteiger partial charge in [-0.15, -0.1) is 0 Å². The summed E-state index contributed by atoms with van der Waals surface area (Å²) in [7, 11) is 1.53. The highest BCUT2D eigenvalue weighted by Crippen LogP contribution is 2.02. The number of amides is 2. The topological polar surface area (TPSA) is 50.7 Å². The van der Waals surface area contributed by atoms with E-state index in [1.54, 1.807) is 0 Å². The second-order valence-electron chi connectivity index (χ2n) is 2.77. The van der Waals surface area contributed by atoms with Crippen molar-refractivity contribution in [2.75, 3.05) is 13.7 Å². The van der Waals surface area contributed by atoms with Crippen molar-refractivity contribution in [3.05, 3.63) is 35.9 Å². The van der Waals surface area contributed by atoms with Gasteiger partial charge in [0.1, 0.15) is 0 Å². The monoisotopic (exact) mass is 206 g/mol. The van der Waals surface area contributed by atoms with Crippen LogP contribution in [0.15, 0.2) is 35.3 Å². The van der Waals surface area contributed by atoms with Crippen LogP contribution in [0.3, 0.4) is 0 Å². The Morgan fingerprint density at radius 1 is 1.40 bits per heavy atom. The van der Waals surface area contributed by atoms with Crippen LogP contribution in [0.2, 0.25) is 0 Å². The molecule has 0 aliphatic carbocycles. The van der Waals surface area contributed by atoms with Crippen LogP contribution in [-0.4, -0.2) is 25.6 Å². The summed E-state index contributed by atoms with van der Waals surface area (Å²) in [4.78, 5) is 14.9. The smallest absolute Gasteiger partial charge is 0.343 e. The Hall–Kier alpha value is -1.84. The summed E-state index contributed by atoms with van der Waals surface area (Å²) in [5.41, 5.74) is 0.794. The summed E-state index contributed by atoms with van der Waals surface area (Å²) >= 11 is 0. The maximum Gasteiger partial charge on any atom is 0.343 e. The van der Waals surface area contributed by atoms with Gasteiger partial charge in [-0.25, -0.2) is 4.79 Å². The van der Waals surface area contributed by atoms with Gasteiger partial charge in [0.25, 0.3) is 0 Å². The molecule has 0 aliphatic rings. The van der Waals surface area contributed by atoms with Crippen molar-refractivity contribution in [2.45, 2.75) is 6.92 Å². The molecule has 4 nitrogen and oxygen atoms in total. The maximum absolute atomic E-state index is 11.1. The quantitative estimate of drug-likeness (QED) is 0.592. The molecule has 0 aromatic heterocycles. The lowest BCUT2D eigenvalue weighted by molar-refractivity contribution is 0.249. The molecule has 0 atom stereocenters. The minimum Gasteiger partial charge on any atom is -0.477 e. The summed E-state index contributed by atoms with van der Waals surface area (Å²) in [5.74, 6) is 0.345. The normalized spacial score (nSPS) is 10.9. The number of nitrogens with zero attached hydrogens (tertiary/aromatic N) is 1. The first-order valence-corrected chi connectivity index (χ1v) is 4.76. The van der Waals surface area contributed by atoms with Crippen LogP contribution < -0.4 is 5.32 Å². The molecule has 80 valence electrons. The predicted molar refractivity (Wildman–Crippen MR) is 59.1 cm³/mol. The van der Waals surface area contributed by atoms with Gasteiger partial charge in [0.2, 0.25) is 5.90 Å². The van der Waals surface area contributed by atoms with E-state index < -0.39 is 6.03 Å². The standard InChI is InChI=1S/C11H14N2O2/c1-3-15-10(13-11(14)12-2)9-7-5-4-6-8-9/h4-8H,3H2,1-2H3,(H,12,14). The molecular formula is C11H14N2O2. The van der Waals surface area contributed by atoms with Crippen LogP contribution in [0.1, 0.15) is 12.5 Å². The van der Waals surface area contributed by atoms with Gasteiger partial charge in [0.05, 0.1) is 6.61 Å². The molecule has 1 aromatic rings. The third-order valence-electron chi connectivity index (χ3n) is 1.72. The Balaban J connectivity index is 2.93. The molecule has 0 unspecified atom stereocenters. The summed E-state index contributed by atoms with van der Waals surface area (Å²) < 4.78 is 5.29. The highest BCUT2D eigenvalue weighted by atomic mass is 16.5. The summed E-state index contributed by atoms with van der Waals surface area (Å²) in [6.07, 6.45) is 0. The fraction of sp³-hybridized carbons (Fsp3) is 0.273. The van der Waals surface area contributed by atoms with E-state index in [-0.39, 0.29) is 0 Å². The first kappa shape index (κ1) is 11.2. The van der Waals surface area contributed by atoms with Gasteiger partial charge in [-0.1, -0.05) is 18.2 Å². The number of hydrogen-bond donors (Lipinski definition) is 1. The predicted octanol–water partition coefficient (Wildman–Crippen LogP) is 1.81. The zero-order valence-electron chi connectivity index (χ0n) is 8.86. The number of benzene rings is 1. The highest BCUT2D eigenvalue weighted by Gasteiger charge is 2.05. The Labute approximate surface area is 89.0 Å². The minimum atomic E-state index is -0.415. The molecule has 0 fully saturated rings. The van der Waals surface area contributed by atoms with Crippen LogP contribution in [0, 0.1) is 0 Å². The summed E-state index contributed by atoms with van der Waals surface area (Å²) in [5, 5.41) is 2.42. The molecule has 1 N–H and O–H groups in total. The Bertz CT molecular complexity index is 347. The van der Waals surface area contributed by atoms with Crippen molar-refractivity contribution >= 4 is 11.9 Å². The molecule has 0 saturated heterocycles. The first-order valence-electron chi connectivity index (χ1n) is 4.76. The molecule has 2 amide bonds. The summed E-state index contributed by atoms with van der Waals surface area (Å²) in [6.45, 7) is 2.33. The van der Waals surface area contributed by atoms with Crippen LogP contribution >= 0.6 is 0 Å². The third kappa shape index (κ3) is 3.42. The van der Waals surface area contributed by atoms with Gasteiger partial charge in [0.15, 0.2) is 0 Å². The van der Waals surface area contributed by atoms with Gasteiger partial charge >= 0.3 is 6.03 Å². The first-order chi connectivity index (χ1) is 7.27. The van der Waals surface area contributed by atoms with E-state index in [9.17, 15) is 4.79 Å². The van der Waals surface area contributed by atoms with Crippen LogP contribution in [-0.2, 0) is 4.74 Å². The van der Waals surface area contributed by atoms with Crippen LogP contribution in [0.25, 0.3) is 0 Å². The van der Waals surface area contributed by atoms with E-state index in [4.69, 9.17) is 4.74 Å². The number of nitrogens with one attached hydrogen (secondary N) is 1. The Morgan fingerprint density at radius 2 is 2.07 bits per heavy atom. The van der Waals surface area contributed by atoms with Gasteiger partial charge in [-0.05, 0) is 19.1 Å². The SMILES string of the molecule is CCOC(=NC(=O)NC)c1ccccc1. The fourth-order valence-electron chi connectivity index (χ4n) is 1.05. The zero-order chi connectivity index (χ0) is 11.1. The number of ether oxygens (including phenoxy) is 1. The molecule has 0 heterocycles. The number of hydrogen-bond acceptors (Lipinski definition) is 2. The summed E-state index contributed by atoms with van der Waals surface area (Å²) in [6, 6.07) is 8.91. The van der Waals surface area contributed by atoms with Gasteiger partial charge in [-0.2, -0.15) is 4.99 Å². The number of urea groups is 1. The number of carbonyl (C=O) groups is 1. The van der Waals surface area contributed by atoms with Crippen molar-refractivity contribution in [3.63, 3.8) is 0 Å². The lowest BCUT2D eigenvalue weighted by atomic mass is 10.2. The van der Waals surface area contributed by atoms with Gasteiger partial charge < -0.3 is 10.1 Å². The molecule has 15 heavy (non-hydrogen) atoms. The second kappa shape index (κ2) is 5.80. The number of carbonyl (C=O) groups excluding carboxylic acids is 1. The second-order valence-corrected chi connectivity index (χ2v) is 2.77. The number of aliphatic imine (C=N–C) groups is 1. The average molecular weight is 206 g/mol. The molecular weight excluding hydrogens is 192 g/mol. The van der Waals surface area contributed by atoms with E-state index in [1.165, 1.54) is 7.05 Å². The molecule has 0 bridgehead atoms. The Kier molecular flexibility index (Phi) is 4.34. The van der Waals surface area contributed by atoms with Gasteiger partial charge in [0, 0.05) is 12.6 Å². The van der Waals surface area contributed by atoms with E-state index in [2.05, 4.69) is 10.3 Å². The van der Waals surface area contributed by atoms with E-state index in [1.807, 2.05) is 37.3 Å². The molecule has 0 radical (unpaired) electrons. The van der Waals surface area contributed by atoms with E-state index in [0.717, 1.165) is 5.56 Å². The molecule has 4 heteroatoms. The van der Waals surface area contributed by atoms with Crippen molar-refractivity contribution < 1.29 is 9.53 Å². The molecule has 0 spiro atoms. The molecule has 0 aliphatic heterocycles. The van der Waals surface area contributed by atoms with Crippen LogP contribution in [0.4, 0.5) is 4.79 Å².